The van der Waals surface area contributed by atoms with E-state index in [0.29, 0.717) is 0 Å². The molecule has 0 saturated carbocycles. The van der Waals surface area contributed by atoms with E-state index in [2.05, 4.69) is 15.9 Å². The molecule has 0 atom stereocenters. The zero-order valence-corrected chi connectivity index (χ0v) is 8.59. The molecule has 70 valence electrons. The summed E-state index contributed by atoms with van der Waals surface area (Å²) in [5.41, 5.74) is 0. The number of hydrogen-bond acceptors (Lipinski definition) is 1. The Morgan fingerprint density at radius 2 is 1.54 bits per heavy atom. The fraction of sp³-hybridized carbons (Fsp3) is 0.400. The second kappa shape index (κ2) is 9.00. The van der Waals surface area contributed by atoms with Gasteiger partial charge >= 0.3 is 23.1 Å². The summed E-state index contributed by atoms with van der Waals surface area (Å²) in [4.78, 5) is 0. The Morgan fingerprint density at radius 3 is 1.77 bits per heavy atom. The fourth-order valence-electron chi connectivity index (χ4n) is 0.925. The molecule has 1 aromatic carbocycles. The van der Waals surface area contributed by atoms with Crippen molar-refractivity contribution in [2.75, 3.05) is 13.2 Å². The van der Waals surface area contributed by atoms with Crippen molar-refractivity contribution < 1.29 is 4.74 Å². The van der Waals surface area contributed by atoms with Gasteiger partial charge in [0.1, 0.15) is 0 Å². The Balaban J connectivity index is 0.000000215. The highest BCUT2D eigenvalue weighted by Gasteiger charge is 1.94. The monoisotopic (exact) mass is 254 g/mol. The average molecular weight is 255 g/mol. The van der Waals surface area contributed by atoms with Gasteiger partial charge in [0.15, 0.2) is 0 Å². The molecule has 1 fully saturated rings. The van der Waals surface area contributed by atoms with E-state index < -0.39 is 0 Å². The molecule has 0 bridgehead atoms. The Morgan fingerprint density at radius 1 is 1.00 bits per heavy atom. The van der Waals surface area contributed by atoms with E-state index >= 15 is 0 Å². The standard InChI is InChI=1S/C6H5Br.C4H8O.Mg.2H/c7-6-4-2-1-3-5-6;1-2-4-5-3-1;;;/h1-5H;1-4H2;;;. The maximum Gasteiger partial charge on any atom is 0.316 e. The van der Waals surface area contributed by atoms with E-state index in [1.165, 1.54) is 12.8 Å². The van der Waals surface area contributed by atoms with Gasteiger partial charge in [-0.2, -0.15) is 0 Å². The van der Waals surface area contributed by atoms with Crippen LogP contribution in [0, 0.1) is 0 Å². The van der Waals surface area contributed by atoms with Crippen molar-refractivity contribution in [3.05, 3.63) is 34.8 Å². The number of hydrogen-bond donors (Lipinski definition) is 0. The third-order valence-electron chi connectivity index (χ3n) is 1.56. The second-order valence-corrected chi connectivity index (χ2v) is 3.53. The first-order chi connectivity index (χ1) is 5.89. The predicted octanol–water partition coefficient (Wildman–Crippen LogP) is 2.33. The van der Waals surface area contributed by atoms with E-state index in [9.17, 15) is 0 Å². The fourth-order valence-corrected chi connectivity index (χ4v) is 1.23. The number of ether oxygens (including phenoxy) is 1. The summed E-state index contributed by atoms with van der Waals surface area (Å²) in [5.74, 6) is 0. The van der Waals surface area contributed by atoms with E-state index in [4.69, 9.17) is 4.74 Å². The first-order valence-corrected chi connectivity index (χ1v) is 4.97. The quantitative estimate of drug-likeness (QED) is 0.647. The van der Waals surface area contributed by atoms with Gasteiger partial charge in [-0.15, -0.1) is 0 Å². The first-order valence-electron chi connectivity index (χ1n) is 4.18. The lowest BCUT2D eigenvalue weighted by Gasteiger charge is -1.80. The van der Waals surface area contributed by atoms with Crippen molar-refractivity contribution in [1.29, 1.82) is 0 Å². The zero-order chi connectivity index (χ0) is 8.65. The van der Waals surface area contributed by atoms with Crippen LogP contribution in [0.4, 0.5) is 0 Å². The molecule has 0 spiro atoms. The van der Waals surface area contributed by atoms with Crippen LogP contribution in [0.2, 0.25) is 0 Å². The van der Waals surface area contributed by atoms with Gasteiger partial charge in [-0.05, 0) is 25.0 Å². The summed E-state index contributed by atoms with van der Waals surface area (Å²) in [6.07, 6.45) is 2.56. The Hall–Kier alpha value is 0.426. The minimum Gasteiger partial charge on any atom is -0.381 e. The van der Waals surface area contributed by atoms with Crippen LogP contribution in [0.5, 0.6) is 0 Å². The molecule has 1 heterocycles. The van der Waals surface area contributed by atoms with Crippen molar-refractivity contribution >= 4 is 39.0 Å². The Labute approximate surface area is 104 Å². The summed E-state index contributed by atoms with van der Waals surface area (Å²) < 4.78 is 6.08. The van der Waals surface area contributed by atoms with Gasteiger partial charge in [-0.25, -0.2) is 0 Å². The van der Waals surface area contributed by atoms with Gasteiger partial charge in [-0.3, -0.25) is 0 Å². The van der Waals surface area contributed by atoms with Crippen molar-refractivity contribution in [2.24, 2.45) is 0 Å². The molecule has 1 aliphatic heterocycles. The van der Waals surface area contributed by atoms with E-state index in [1.54, 1.807) is 0 Å². The lowest BCUT2D eigenvalue weighted by molar-refractivity contribution is 0.198. The molecule has 0 aromatic heterocycles. The summed E-state index contributed by atoms with van der Waals surface area (Å²) in [7, 11) is 0. The topological polar surface area (TPSA) is 9.23 Å². The van der Waals surface area contributed by atoms with Crippen LogP contribution < -0.4 is 0 Å². The van der Waals surface area contributed by atoms with Gasteiger partial charge in [0.25, 0.3) is 0 Å². The summed E-state index contributed by atoms with van der Waals surface area (Å²) in [5, 5.41) is 0. The molecule has 0 N–H and O–H groups in total. The maximum absolute atomic E-state index is 4.94. The molecule has 1 saturated heterocycles. The van der Waals surface area contributed by atoms with Gasteiger partial charge < -0.3 is 4.74 Å². The highest BCUT2D eigenvalue weighted by molar-refractivity contribution is 9.10. The van der Waals surface area contributed by atoms with Crippen molar-refractivity contribution in [1.82, 2.24) is 0 Å². The molecule has 0 amide bonds. The highest BCUT2D eigenvalue weighted by Crippen LogP contribution is 2.05. The van der Waals surface area contributed by atoms with Crippen molar-refractivity contribution in [2.45, 2.75) is 12.8 Å². The minimum atomic E-state index is 0. The van der Waals surface area contributed by atoms with Gasteiger partial charge in [0, 0.05) is 17.7 Å². The largest absolute Gasteiger partial charge is 0.381 e. The molecule has 13 heavy (non-hydrogen) atoms. The van der Waals surface area contributed by atoms with Gasteiger partial charge in [-0.1, -0.05) is 34.1 Å². The third kappa shape index (κ3) is 7.49. The normalized spacial score (nSPS) is 13.9. The van der Waals surface area contributed by atoms with Crippen LogP contribution in [0.3, 0.4) is 0 Å². The van der Waals surface area contributed by atoms with Crippen LogP contribution in [-0.4, -0.2) is 36.3 Å². The van der Waals surface area contributed by atoms with Crippen LogP contribution in [0.1, 0.15) is 12.8 Å². The molecular formula is C10H15BrMgO. The molecule has 2 rings (SSSR count). The smallest absolute Gasteiger partial charge is 0.316 e. The zero-order valence-electron chi connectivity index (χ0n) is 7.00. The summed E-state index contributed by atoms with van der Waals surface area (Å²) in [6, 6.07) is 9.97. The van der Waals surface area contributed by atoms with Crippen LogP contribution in [0.25, 0.3) is 0 Å². The lowest BCUT2D eigenvalue weighted by atomic mass is 10.4. The van der Waals surface area contributed by atoms with E-state index in [0.717, 1.165) is 17.7 Å². The lowest BCUT2D eigenvalue weighted by Crippen LogP contribution is -1.74. The Bertz CT molecular complexity index is 192. The highest BCUT2D eigenvalue weighted by atomic mass is 79.9. The summed E-state index contributed by atoms with van der Waals surface area (Å²) >= 11 is 3.31. The molecular weight excluding hydrogens is 240 g/mol. The average Bonchev–Trinajstić information content (AvgIpc) is 2.62. The van der Waals surface area contributed by atoms with Gasteiger partial charge in [0.2, 0.25) is 0 Å². The maximum atomic E-state index is 4.94. The van der Waals surface area contributed by atoms with Crippen molar-refractivity contribution in [3.8, 4) is 0 Å². The molecule has 1 aromatic rings. The third-order valence-corrected chi connectivity index (χ3v) is 2.09. The number of benzene rings is 1. The van der Waals surface area contributed by atoms with Crippen LogP contribution in [-0.2, 0) is 4.74 Å². The van der Waals surface area contributed by atoms with Crippen LogP contribution >= 0.6 is 15.9 Å². The summed E-state index contributed by atoms with van der Waals surface area (Å²) in [6.45, 7) is 2.00. The minimum absolute atomic E-state index is 0. The molecule has 0 aliphatic carbocycles. The van der Waals surface area contributed by atoms with Crippen LogP contribution in [0.15, 0.2) is 34.8 Å². The molecule has 0 radical (unpaired) electrons. The SMILES string of the molecule is Brc1ccccc1.C1CCOC1.[MgH2]. The molecule has 1 aliphatic rings. The van der Waals surface area contributed by atoms with Gasteiger partial charge in [0.05, 0.1) is 0 Å². The van der Waals surface area contributed by atoms with Crippen molar-refractivity contribution in [3.63, 3.8) is 0 Å². The first kappa shape index (κ1) is 13.4. The van der Waals surface area contributed by atoms with E-state index in [1.807, 2.05) is 30.3 Å². The number of rotatable bonds is 0. The predicted molar refractivity (Wildman–Crippen MR) is 62.7 cm³/mol. The molecule has 3 heteroatoms. The number of halogens is 1. The second-order valence-electron chi connectivity index (χ2n) is 2.62. The molecule has 0 unspecified atom stereocenters. The Kier molecular flexibility index (Phi) is 9.29. The molecule has 1 nitrogen and oxygen atoms in total. The van der Waals surface area contributed by atoms with E-state index in [-0.39, 0.29) is 23.1 Å².